The Morgan fingerprint density at radius 1 is 1.38 bits per heavy atom. The Hall–Kier alpha value is -0.600. The van der Waals surface area contributed by atoms with Crippen molar-refractivity contribution in [1.82, 2.24) is 4.90 Å². The lowest BCUT2D eigenvalue weighted by molar-refractivity contribution is 0.312. The Balaban J connectivity index is 3.80. The molecule has 0 aliphatic carbocycles. The Kier molecular flexibility index (Phi) is 5.67. The van der Waals surface area contributed by atoms with Crippen molar-refractivity contribution in [2.45, 2.75) is 13.3 Å². The van der Waals surface area contributed by atoms with E-state index in [9.17, 15) is 8.42 Å². The van der Waals surface area contributed by atoms with Gasteiger partial charge in [-0.3, -0.25) is 0 Å². The molecule has 0 saturated heterocycles. The molecule has 0 aliphatic rings. The molecule has 0 saturated carbocycles. The number of nitriles is 1. The van der Waals surface area contributed by atoms with Gasteiger partial charge in [-0.1, -0.05) is 6.92 Å². The normalized spacial score (nSPS) is 11.5. The van der Waals surface area contributed by atoms with Gasteiger partial charge in [0.25, 0.3) is 0 Å². The number of rotatable bonds is 6. The summed E-state index contributed by atoms with van der Waals surface area (Å²) < 4.78 is 21.7. The van der Waals surface area contributed by atoms with Crippen LogP contribution in [0.4, 0.5) is 0 Å². The topological polar surface area (TPSA) is 61.2 Å². The zero-order valence-electron chi connectivity index (χ0n) is 8.15. The maximum atomic E-state index is 10.8. The molecule has 0 aromatic heterocycles. The molecule has 0 atom stereocenters. The first-order valence-electron chi connectivity index (χ1n) is 4.26. The van der Waals surface area contributed by atoms with Gasteiger partial charge >= 0.3 is 0 Å². The zero-order chi connectivity index (χ0) is 10.3. The molecule has 0 aromatic carbocycles. The number of hydrogen-bond acceptors (Lipinski definition) is 4. The van der Waals surface area contributed by atoms with Gasteiger partial charge in [-0.15, -0.1) is 0 Å². The first-order chi connectivity index (χ1) is 5.99. The van der Waals surface area contributed by atoms with Crippen molar-refractivity contribution in [3.05, 3.63) is 0 Å². The third-order valence-electron chi connectivity index (χ3n) is 1.77. The second-order valence-corrected chi connectivity index (χ2v) is 5.23. The monoisotopic (exact) mass is 204 g/mol. The van der Waals surface area contributed by atoms with Crippen molar-refractivity contribution in [3.8, 4) is 6.07 Å². The standard InChI is InChI=1S/C8H16N2O2S/c1-3-10(6-4-5-9)7-8-13(2,11)12/h3-4,6-8H2,1-2H3. The fourth-order valence-corrected chi connectivity index (χ4v) is 1.52. The van der Waals surface area contributed by atoms with Crippen molar-refractivity contribution in [3.63, 3.8) is 0 Å². The third-order valence-corrected chi connectivity index (χ3v) is 2.69. The van der Waals surface area contributed by atoms with Gasteiger partial charge in [-0.05, 0) is 6.54 Å². The van der Waals surface area contributed by atoms with E-state index in [2.05, 4.69) is 0 Å². The fraction of sp³-hybridized carbons (Fsp3) is 0.875. The van der Waals surface area contributed by atoms with Gasteiger partial charge in [0, 0.05) is 25.8 Å². The number of nitrogens with zero attached hydrogens (tertiary/aromatic N) is 2. The first kappa shape index (κ1) is 12.4. The molecule has 13 heavy (non-hydrogen) atoms. The molecule has 0 spiro atoms. The molecule has 0 unspecified atom stereocenters. The number of sulfone groups is 1. The molecule has 0 aromatic rings. The van der Waals surface area contributed by atoms with Crippen LogP contribution >= 0.6 is 0 Å². The SMILES string of the molecule is CCN(CCC#N)CCS(C)(=O)=O. The van der Waals surface area contributed by atoms with Crippen LogP contribution in [0.3, 0.4) is 0 Å². The quantitative estimate of drug-likeness (QED) is 0.623. The summed E-state index contributed by atoms with van der Waals surface area (Å²) >= 11 is 0. The van der Waals surface area contributed by atoms with E-state index in [0.717, 1.165) is 6.54 Å². The maximum absolute atomic E-state index is 10.8. The average molecular weight is 204 g/mol. The van der Waals surface area contributed by atoms with E-state index in [-0.39, 0.29) is 5.75 Å². The summed E-state index contributed by atoms with van der Waals surface area (Å²) in [7, 11) is -2.88. The summed E-state index contributed by atoms with van der Waals surface area (Å²) in [6.45, 7) is 3.93. The molecular formula is C8H16N2O2S. The van der Waals surface area contributed by atoms with Crippen molar-refractivity contribution in [1.29, 1.82) is 5.26 Å². The molecule has 0 N–H and O–H groups in total. The largest absolute Gasteiger partial charge is 0.302 e. The van der Waals surface area contributed by atoms with E-state index >= 15 is 0 Å². The highest BCUT2D eigenvalue weighted by Crippen LogP contribution is 1.92. The van der Waals surface area contributed by atoms with E-state index in [0.29, 0.717) is 19.5 Å². The predicted octanol–water partition coefficient (Wildman–Crippen LogP) is 0.267. The molecule has 76 valence electrons. The lowest BCUT2D eigenvalue weighted by Crippen LogP contribution is -2.29. The number of hydrogen-bond donors (Lipinski definition) is 0. The molecule has 4 nitrogen and oxygen atoms in total. The average Bonchev–Trinajstić information content (AvgIpc) is 2.03. The highest BCUT2D eigenvalue weighted by Gasteiger charge is 2.06. The summed E-state index contributed by atoms with van der Waals surface area (Å²) in [5.74, 6) is 0.173. The van der Waals surface area contributed by atoms with Gasteiger partial charge < -0.3 is 4.90 Å². The van der Waals surface area contributed by atoms with Gasteiger partial charge in [-0.2, -0.15) is 5.26 Å². The van der Waals surface area contributed by atoms with Crippen molar-refractivity contribution < 1.29 is 8.42 Å². The lowest BCUT2D eigenvalue weighted by atomic mass is 10.4. The molecule has 0 fully saturated rings. The summed E-state index contributed by atoms with van der Waals surface area (Å²) in [6.07, 6.45) is 1.68. The lowest BCUT2D eigenvalue weighted by Gasteiger charge is -2.17. The predicted molar refractivity (Wildman–Crippen MR) is 52.1 cm³/mol. The first-order valence-corrected chi connectivity index (χ1v) is 6.32. The van der Waals surface area contributed by atoms with Gasteiger partial charge in [0.15, 0.2) is 0 Å². The zero-order valence-corrected chi connectivity index (χ0v) is 8.97. The van der Waals surface area contributed by atoms with E-state index in [4.69, 9.17) is 5.26 Å². The third kappa shape index (κ3) is 7.75. The van der Waals surface area contributed by atoms with Gasteiger partial charge in [0.2, 0.25) is 0 Å². The smallest absolute Gasteiger partial charge is 0.148 e. The molecule has 0 bridgehead atoms. The Labute approximate surface area is 80.1 Å². The van der Waals surface area contributed by atoms with Crippen molar-refractivity contribution in [2.24, 2.45) is 0 Å². The van der Waals surface area contributed by atoms with E-state index in [1.54, 1.807) is 0 Å². The van der Waals surface area contributed by atoms with Crippen molar-refractivity contribution in [2.75, 3.05) is 31.6 Å². The highest BCUT2D eigenvalue weighted by molar-refractivity contribution is 7.90. The molecular weight excluding hydrogens is 188 g/mol. The van der Waals surface area contributed by atoms with Crippen molar-refractivity contribution >= 4 is 9.84 Å². The van der Waals surface area contributed by atoms with Crippen LogP contribution in [-0.2, 0) is 9.84 Å². The van der Waals surface area contributed by atoms with Crippen LogP contribution in [0.25, 0.3) is 0 Å². The van der Waals surface area contributed by atoms with Crippen LogP contribution in [0.2, 0.25) is 0 Å². The van der Waals surface area contributed by atoms with Crippen LogP contribution < -0.4 is 0 Å². The molecule has 5 heteroatoms. The summed E-state index contributed by atoms with van der Waals surface area (Å²) in [5, 5.41) is 8.34. The Morgan fingerprint density at radius 3 is 2.38 bits per heavy atom. The summed E-state index contributed by atoms with van der Waals surface area (Å²) in [6, 6.07) is 2.04. The minimum atomic E-state index is -2.88. The second-order valence-electron chi connectivity index (χ2n) is 2.97. The molecule has 0 rings (SSSR count). The maximum Gasteiger partial charge on any atom is 0.148 e. The van der Waals surface area contributed by atoms with Crippen LogP contribution in [-0.4, -0.2) is 45.0 Å². The summed E-state index contributed by atoms with van der Waals surface area (Å²) in [4.78, 5) is 1.96. The van der Waals surface area contributed by atoms with E-state index in [1.165, 1.54) is 6.26 Å². The van der Waals surface area contributed by atoms with E-state index < -0.39 is 9.84 Å². The molecule has 0 heterocycles. The van der Waals surface area contributed by atoms with Crippen LogP contribution in [0, 0.1) is 11.3 Å². The second kappa shape index (κ2) is 5.95. The molecule has 0 radical (unpaired) electrons. The Bertz CT molecular complexity index is 266. The minimum Gasteiger partial charge on any atom is -0.302 e. The van der Waals surface area contributed by atoms with Crippen LogP contribution in [0.15, 0.2) is 0 Å². The summed E-state index contributed by atoms with van der Waals surface area (Å²) in [5.41, 5.74) is 0. The van der Waals surface area contributed by atoms with Crippen LogP contribution in [0.5, 0.6) is 0 Å². The minimum absolute atomic E-state index is 0.173. The van der Waals surface area contributed by atoms with Crippen LogP contribution in [0.1, 0.15) is 13.3 Å². The van der Waals surface area contributed by atoms with Gasteiger partial charge in [0.05, 0.1) is 11.8 Å². The Morgan fingerprint density at radius 2 is 2.00 bits per heavy atom. The highest BCUT2D eigenvalue weighted by atomic mass is 32.2. The molecule has 0 aliphatic heterocycles. The fourth-order valence-electron chi connectivity index (χ4n) is 0.931. The molecule has 0 amide bonds. The van der Waals surface area contributed by atoms with Gasteiger partial charge in [-0.25, -0.2) is 8.42 Å². The van der Waals surface area contributed by atoms with Gasteiger partial charge in [0.1, 0.15) is 9.84 Å². The van der Waals surface area contributed by atoms with E-state index in [1.807, 2.05) is 17.9 Å².